The average molecular weight is 182 g/mol. The smallest absolute Gasteiger partial charge is 0.227 e. The fourth-order valence-electron chi connectivity index (χ4n) is 0.426. The Bertz CT molecular complexity index is 246. The van der Waals surface area contributed by atoms with Gasteiger partial charge in [-0.05, 0) is 0 Å². The first kappa shape index (κ1) is 7.79. The predicted molar refractivity (Wildman–Crippen MR) is 39.0 cm³/mol. The summed E-state index contributed by atoms with van der Waals surface area (Å²) >= 11 is 0.848. The molecule has 0 fully saturated rings. The minimum atomic E-state index is -3.54. The second-order valence-electron chi connectivity index (χ2n) is 1.63. The second-order valence-corrected chi connectivity index (χ2v) is 4.71. The van der Waals surface area contributed by atoms with Crippen LogP contribution in [0.3, 0.4) is 0 Å². The molecule has 58 valence electrons. The Hall–Kier alpha value is -0.310. The third-order valence-corrected chi connectivity index (χ3v) is 3.31. The normalized spacial score (nSPS) is 25.8. The maximum Gasteiger partial charge on any atom is 0.228 e. The molecule has 6 nitrogen and oxygen atoms in total. The van der Waals surface area contributed by atoms with Crippen molar-refractivity contribution in [1.82, 2.24) is 4.52 Å². The summed E-state index contributed by atoms with van der Waals surface area (Å²) in [5.41, 5.74) is 0. The van der Waals surface area contributed by atoms with E-state index in [2.05, 4.69) is 5.10 Å². The highest BCUT2D eigenvalue weighted by atomic mass is 32.3. The van der Waals surface area contributed by atoms with Gasteiger partial charge in [0, 0.05) is 11.9 Å². The summed E-state index contributed by atoms with van der Waals surface area (Å²) < 4.78 is 21.2. The molecule has 1 atom stereocenters. The number of nitrogens with zero attached hydrogens (tertiary/aromatic N) is 2. The van der Waals surface area contributed by atoms with Crippen molar-refractivity contribution in [2.45, 2.75) is 4.58 Å². The predicted octanol–water partition coefficient (Wildman–Crippen LogP) is -1.58. The van der Waals surface area contributed by atoms with E-state index in [1.54, 1.807) is 0 Å². The fraction of sp³-hybridized carbons (Fsp3) is 0.500. The van der Waals surface area contributed by atoms with Crippen molar-refractivity contribution in [2.24, 2.45) is 16.1 Å². The van der Waals surface area contributed by atoms with E-state index in [0.717, 1.165) is 16.5 Å². The van der Waals surface area contributed by atoms with E-state index < -0.39 is 14.6 Å². The van der Waals surface area contributed by atoms with Crippen LogP contribution < -0.4 is 11.0 Å². The van der Waals surface area contributed by atoms with Crippen molar-refractivity contribution in [1.29, 1.82) is 0 Å². The summed E-state index contributed by atoms with van der Waals surface area (Å²) in [5, 5.41) is 8.25. The van der Waals surface area contributed by atoms with Crippen molar-refractivity contribution >= 4 is 28.2 Å². The van der Waals surface area contributed by atoms with Gasteiger partial charge in [0.25, 0.3) is 0 Å². The third kappa shape index (κ3) is 1.59. The van der Waals surface area contributed by atoms with Crippen LogP contribution in [0.25, 0.3) is 0 Å². The molecule has 1 aliphatic heterocycles. The largest absolute Gasteiger partial charge is 0.228 e. The van der Waals surface area contributed by atoms with Gasteiger partial charge in [0.05, 0.1) is 6.21 Å². The van der Waals surface area contributed by atoms with Crippen LogP contribution in [0.5, 0.6) is 0 Å². The van der Waals surface area contributed by atoms with Crippen LogP contribution in [0, 0.1) is 0 Å². The Labute approximate surface area is 62.4 Å². The lowest BCUT2D eigenvalue weighted by molar-refractivity contribution is 0.547. The molecule has 0 aliphatic carbocycles. The molecule has 1 heterocycles. The first-order valence-corrected chi connectivity index (χ1v) is 4.72. The summed E-state index contributed by atoms with van der Waals surface area (Å²) in [6.45, 7) is 0. The molecular weight excluding hydrogens is 176 g/mol. The van der Waals surface area contributed by atoms with Gasteiger partial charge < -0.3 is 0 Å². The number of nitrogens with two attached hydrogens (primary N) is 2. The van der Waals surface area contributed by atoms with E-state index in [1.807, 2.05) is 0 Å². The first-order valence-electron chi connectivity index (χ1n) is 2.27. The molecule has 0 aromatic carbocycles. The van der Waals surface area contributed by atoms with Crippen LogP contribution in [-0.2, 0) is 10.0 Å². The van der Waals surface area contributed by atoms with Crippen molar-refractivity contribution in [3.8, 4) is 0 Å². The molecule has 0 aromatic heterocycles. The van der Waals surface area contributed by atoms with Crippen LogP contribution in [0.4, 0.5) is 0 Å². The number of hydrazine groups is 1. The highest BCUT2D eigenvalue weighted by molar-refractivity contribution is 8.12. The highest BCUT2D eigenvalue weighted by Gasteiger charge is 2.26. The first-order chi connectivity index (χ1) is 4.50. The third-order valence-electron chi connectivity index (χ3n) is 0.838. The zero-order valence-corrected chi connectivity index (χ0v) is 6.47. The molecule has 0 saturated carbocycles. The number of primary sulfonamides is 1. The van der Waals surface area contributed by atoms with E-state index in [1.165, 1.54) is 6.21 Å². The molecule has 0 saturated heterocycles. The average Bonchev–Trinajstić information content (AvgIpc) is 2.11. The number of rotatable bonds is 1. The van der Waals surface area contributed by atoms with Gasteiger partial charge in [-0.1, -0.05) is 0 Å². The van der Waals surface area contributed by atoms with Gasteiger partial charge in [0.1, 0.15) is 0 Å². The van der Waals surface area contributed by atoms with E-state index in [4.69, 9.17) is 11.0 Å². The SMILES string of the molecule is NN1N=CC(S(N)(=O)=O)S1. The van der Waals surface area contributed by atoms with Crippen LogP contribution in [-0.4, -0.2) is 23.7 Å². The lowest BCUT2D eigenvalue weighted by Gasteiger charge is -2.04. The number of hydrogen-bond donors (Lipinski definition) is 2. The van der Waals surface area contributed by atoms with Gasteiger partial charge in [0.15, 0.2) is 4.58 Å². The van der Waals surface area contributed by atoms with Crippen molar-refractivity contribution < 1.29 is 8.42 Å². The monoisotopic (exact) mass is 182 g/mol. The van der Waals surface area contributed by atoms with Crippen molar-refractivity contribution in [3.05, 3.63) is 0 Å². The molecular formula is C2H6N4O2S2. The minimum absolute atomic E-state index is 0.836. The summed E-state index contributed by atoms with van der Waals surface area (Å²) in [5.74, 6) is 5.10. The number of hydrogen-bond acceptors (Lipinski definition) is 6. The molecule has 1 aliphatic rings. The van der Waals surface area contributed by atoms with E-state index in [0.29, 0.717) is 0 Å². The molecule has 1 rings (SSSR count). The number of sulfonamides is 1. The van der Waals surface area contributed by atoms with E-state index in [-0.39, 0.29) is 0 Å². The van der Waals surface area contributed by atoms with Gasteiger partial charge in [-0.2, -0.15) is 9.62 Å². The van der Waals surface area contributed by atoms with Crippen LogP contribution in [0.1, 0.15) is 0 Å². The fourth-order valence-corrected chi connectivity index (χ4v) is 1.82. The van der Waals surface area contributed by atoms with Gasteiger partial charge in [-0.15, -0.1) is 0 Å². The topological polar surface area (TPSA) is 102 Å². The van der Waals surface area contributed by atoms with Crippen LogP contribution in [0.15, 0.2) is 5.10 Å². The quantitative estimate of drug-likeness (QED) is 0.376. The molecule has 8 heteroatoms. The zero-order valence-electron chi connectivity index (χ0n) is 4.84. The Morgan fingerprint density at radius 1 is 1.70 bits per heavy atom. The van der Waals surface area contributed by atoms with Gasteiger partial charge in [0.2, 0.25) is 10.0 Å². The lowest BCUT2D eigenvalue weighted by atomic mass is 10.9. The molecule has 1 unspecified atom stereocenters. The molecule has 0 aromatic rings. The number of hydrazone groups is 1. The minimum Gasteiger partial charge on any atom is -0.227 e. The molecule has 0 bridgehead atoms. The Kier molecular flexibility index (Phi) is 1.86. The molecule has 0 spiro atoms. The van der Waals surface area contributed by atoms with Crippen molar-refractivity contribution in [3.63, 3.8) is 0 Å². The molecule has 0 amide bonds. The summed E-state index contributed by atoms with van der Waals surface area (Å²) in [6.07, 6.45) is 1.18. The Balaban J connectivity index is 2.73. The Morgan fingerprint density at radius 3 is 2.50 bits per heavy atom. The molecule has 0 radical (unpaired) electrons. The zero-order chi connectivity index (χ0) is 7.78. The van der Waals surface area contributed by atoms with Gasteiger partial charge in [-0.3, -0.25) is 0 Å². The van der Waals surface area contributed by atoms with E-state index in [9.17, 15) is 8.42 Å². The van der Waals surface area contributed by atoms with Crippen LogP contribution >= 0.6 is 11.9 Å². The standard InChI is InChI=1S/C2H6N4O2S2/c3-6-5-1-2(9-6)10(4,7)8/h1-2H,3H2,(H2,4,7,8). The maximum absolute atomic E-state index is 10.6. The van der Waals surface area contributed by atoms with Crippen LogP contribution in [0.2, 0.25) is 0 Å². The van der Waals surface area contributed by atoms with E-state index >= 15 is 0 Å². The summed E-state index contributed by atoms with van der Waals surface area (Å²) in [7, 11) is -3.54. The summed E-state index contributed by atoms with van der Waals surface area (Å²) in [6, 6.07) is 0. The molecule has 10 heavy (non-hydrogen) atoms. The van der Waals surface area contributed by atoms with Gasteiger partial charge in [-0.25, -0.2) is 19.4 Å². The van der Waals surface area contributed by atoms with Gasteiger partial charge >= 0.3 is 0 Å². The molecule has 4 N–H and O–H groups in total. The maximum atomic E-state index is 10.6. The van der Waals surface area contributed by atoms with Crippen molar-refractivity contribution in [2.75, 3.05) is 0 Å². The highest BCUT2D eigenvalue weighted by Crippen LogP contribution is 2.20. The second kappa shape index (κ2) is 2.38. The lowest BCUT2D eigenvalue weighted by Crippen LogP contribution is -2.26. The summed E-state index contributed by atoms with van der Waals surface area (Å²) in [4.78, 5) is 0. The Morgan fingerprint density at radius 2 is 2.30 bits per heavy atom.